The van der Waals surface area contributed by atoms with Crippen LogP contribution in [-0.4, -0.2) is 33.6 Å². The Morgan fingerprint density at radius 1 is 1.29 bits per heavy atom. The molecule has 0 aliphatic heterocycles. The van der Waals surface area contributed by atoms with E-state index in [1.807, 2.05) is 0 Å². The zero-order valence-corrected chi connectivity index (χ0v) is 9.89. The van der Waals surface area contributed by atoms with Crippen LogP contribution in [0.3, 0.4) is 0 Å². The number of hydrazone groups is 1. The summed E-state index contributed by atoms with van der Waals surface area (Å²) in [6.45, 7) is 0. The van der Waals surface area contributed by atoms with Gasteiger partial charge in [-0.2, -0.15) is 5.10 Å². The van der Waals surface area contributed by atoms with E-state index in [1.54, 1.807) is 25.3 Å². The van der Waals surface area contributed by atoms with E-state index in [4.69, 9.17) is 9.47 Å². The van der Waals surface area contributed by atoms with E-state index >= 15 is 0 Å². The predicted molar refractivity (Wildman–Crippen MR) is 62.7 cm³/mol. The molecule has 92 valence electrons. The number of nitrogens with one attached hydrogen (secondary N) is 1. The molecule has 0 aromatic heterocycles. The number of nitrogens with zero attached hydrogens (tertiary/aromatic N) is 1. The number of rotatable bonds is 4. The lowest BCUT2D eigenvalue weighted by molar-refractivity contribution is 0.171. The van der Waals surface area contributed by atoms with Crippen molar-refractivity contribution in [2.75, 3.05) is 21.3 Å². The Balaban J connectivity index is 2.86. The van der Waals surface area contributed by atoms with Crippen molar-refractivity contribution < 1.29 is 19.0 Å². The fourth-order valence-electron chi connectivity index (χ4n) is 1.21. The number of amides is 1. The molecular weight excluding hydrogens is 224 g/mol. The molecule has 0 aliphatic rings. The number of para-hydroxylation sites is 1. The second kappa shape index (κ2) is 6.37. The Morgan fingerprint density at radius 2 is 2.06 bits per heavy atom. The minimum absolute atomic E-state index is 0.547. The third-order valence-electron chi connectivity index (χ3n) is 1.98. The molecule has 17 heavy (non-hydrogen) atoms. The SMILES string of the molecule is COC(=O)N/N=C\c1cccc(OC)c1OC. The first-order valence-electron chi connectivity index (χ1n) is 4.81. The molecule has 0 radical (unpaired) electrons. The van der Waals surface area contributed by atoms with Gasteiger partial charge in [-0.3, -0.25) is 0 Å². The maximum atomic E-state index is 10.8. The minimum atomic E-state index is -0.636. The van der Waals surface area contributed by atoms with E-state index in [1.165, 1.54) is 20.4 Å². The van der Waals surface area contributed by atoms with Gasteiger partial charge in [0.2, 0.25) is 0 Å². The summed E-state index contributed by atoms with van der Waals surface area (Å²) in [6, 6.07) is 5.34. The van der Waals surface area contributed by atoms with Gasteiger partial charge in [0.15, 0.2) is 11.5 Å². The molecule has 0 aliphatic carbocycles. The highest BCUT2D eigenvalue weighted by atomic mass is 16.5. The topological polar surface area (TPSA) is 69.2 Å². The van der Waals surface area contributed by atoms with Crippen molar-refractivity contribution in [3.63, 3.8) is 0 Å². The van der Waals surface area contributed by atoms with Gasteiger partial charge in [-0.25, -0.2) is 10.2 Å². The van der Waals surface area contributed by atoms with Gasteiger partial charge < -0.3 is 14.2 Å². The van der Waals surface area contributed by atoms with E-state index in [2.05, 4.69) is 15.3 Å². The summed E-state index contributed by atoms with van der Waals surface area (Å²) in [4.78, 5) is 10.8. The van der Waals surface area contributed by atoms with E-state index in [0.29, 0.717) is 17.1 Å². The van der Waals surface area contributed by atoms with E-state index < -0.39 is 6.09 Å². The molecule has 0 atom stereocenters. The lowest BCUT2D eigenvalue weighted by Gasteiger charge is -2.09. The van der Waals surface area contributed by atoms with Gasteiger partial charge in [-0.15, -0.1) is 0 Å². The van der Waals surface area contributed by atoms with Crippen molar-refractivity contribution in [2.24, 2.45) is 5.10 Å². The first kappa shape index (κ1) is 12.8. The third kappa shape index (κ3) is 3.37. The number of hydrogen-bond donors (Lipinski definition) is 1. The molecule has 1 rings (SSSR count). The Labute approximate surface area is 99.2 Å². The quantitative estimate of drug-likeness (QED) is 0.635. The fourth-order valence-corrected chi connectivity index (χ4v) is 1.21. The molecule has 1 N–H and O–H groups in total. The molecule has 0 unspecified atom stereocenters. The smallest absolute Gasteiger partial charge is 0.427 e. The number of ether oxygens (including phenoxy) is 3. The van der Waals surface area contributed by atoms with Gasteiger partial charge in [0.25, 0.3) is 0 Å². The highest BCUT2D eigenvalue weighted by Crippen LogP contribution is 2.29. The van der Waals surface area contributed by atoms with Crippen LogP contribution >= 0.6 is 0 Å². The van der Waals surface area contributed by atoms with Gasteiger partial charge >= 0.3 is 6.09 Å². The molecule has 6 nitrogen and oxygen atoms in total. The lowest BCUT2D eigenvalue weighted by Crippen LogP contribution is -2.16. The Kier molecular flexibility index (Phi) is 4.80. The normalized spacial score (nSPS) is 10.1. The second-order valence-corrected chi connectivity index (χ2v) is 2.94. The van der Waals surface area contributed by atoms with Crippen LogP contribution in [-0.2, 0) is 4.74 Å². The standard InChI is InChI=1S/C11H14N2O4/c1-15-9-6-4-5-8(10(9)16-2)7-12-13-11(14)17-3/h4-7H,1-3H3,(H,13,14)/b12-7-. The molecular formula is C11H14N2O4. The van der Waals surface area contributed by atoms with E-state index in [-0.39, 0.29) is 0 Å². The van der Waals surface area contributed by atoms with Crippen molar-refractivity contribution in [1.82, 2.24) is 5.43 Å². The van der Waals surface area contributed by atoms with Crippen LogP contribution < -0.4 is 14.9 Å². The number of carbonyl (C=O) groups excluding carboxylic acids is 1. The van der Waals surface area contributed by atoms with E-state index in [9.17, 15) is 4.79 Å². The van der Waals surface area contributed by atoms with Crippen molar-refractivity contribution in [2.45, 2.75) is 0 Å². The van der Waals surface area contributed by atoms with Crippen LogP contribution in [0.4, 0.5) is 4.79 Å². The Bertz CT molecular complexity index is 418. The molecule has 6 heteroatoms. The molecule has 0 heterocycles. The van der Waals surface area contributed by atoms with Crippen LogP contribution in [0.1, 0.15) is 5.56 Å². The van der Waals surface area contributed by atoms with Crippen molar-refractivity contribution in [3.05, 3.63) is 23.8 Å². The molecule has 1 amide bonds. The summed E-state index contributed by atoms with van der Waals surface area (Å²) >= 11 is 0. The zero-order chi connectivity index (χ0) is 12.7. The van der Waals surface area contributed by atoms with Gasteiger partial charge in [0.05, 0.1) is 27.5 Å². The van der Waals surface area contributed by atoms with Crippen LogP contribution in [0.15, 0.2) is 23.3 Å². The second-order valence-electron chi connectivity index (χ2n) is 2.94. The summed E-state index contributed by atoms with van der Waals surface area (Å²) in [6.07, 6.45) is 0.807. The third-order valence-corrected chi connectivity index (χ3v) is 1.98. The average molecular weight is 238 g/mol. The minimum Gasteiger partial charge on any atom is -0.493 e. The maximum Gasteiger partial charge on any atom is 0.427 e. The van der Waals surface area contributed by atoms with Gasteiger partial charge in [0.1, 0.15) is 0 Å². The summed E-state index contributed by atoms with van der Waals surface area (Å²) in [5.41, 5.74) is 2.87. The van der Waals surface area contributed by atoms with Gasteiger partial charge in [-0.05, 0) is 12.1 Å². The van der Waals surface area contributed by atoms with Crippen molar-refractivity contribution in [3.8, 4) is 11.5 Å². The zero-order valence-electron chi connectivity index (χ0n) is 9.89. The summed E-state index contributed by atoms with van der Waals surface area (Å²) in [5, 5.41) is 3.71. The lowest BCUT2D eigenvalue weighted by atomic mass is 10.2. The highest BCUT2D eigenvalue weighted by molar-refractivity contribution is 5.85. The van der Waals surface area contributed by atoms with Crippen molar-refractivity contribution >= 4 is 12.3 Å². The van der Waals surface area contributed by atoms with Crippen LogP contribution in [0.2, 0.25) is 0 Å². The van der Waals surface area contributed by atoms with Gasteiger partial charge in [-0.1, -0.05) is 6.07 Å². The number of carbonyl (C=O) groups is 1. The average Bonchev–Trinajstić information content (AvgIpc) is 2.37. The molecule has 0 spiro atoms. The molecule has 1 aromatic rings. The Morgan fingerprint density at radius 3 is 2.65 bits per heavy atom. The van der Waals surface area contributed by atoms with Gasteiger partial charge in [0, 0.05) is 5.56 Å². The largest absolute Gasteiger partial charge is 0.493 e. The number of benzene rings is 1. The summed E-state index contributed by atoms with van der Waals surface area (Å²) < 4.78 is 14.7. The molecule has 0 fully saturated rings. The number of methoxy groups -OCH3 is 3. The highest BCUT2D eigenvalue weighted by Gasteiger charge is 2.07. The van der Waals surface area contributed by atoms with E-state index in [0.717, 1.165) is 0 Å². The van der Waals surface area contributed by atoms with Crippen molar-refractivity contribution in [1.29, 1.82) is 0 Å². The molecule has 0 saturated carbocycles. The van der Waals surface area contributed by atoms with Crippen LogP contribution in [0.5, 0.6) is 11.5 Å². The first-order valence-corrected chi connectivity index (χ1v) is 4.81. The maximum absolute atomic E-state index is 10.8. The molecule has 0 saturated heterocycles. The Hall–Kier alpha value is -2.24. The first-order chi connectivity index (χ1) is 8.22. The monoisotopic (exact) mass is 238 g/mol. The fraction of sp³-hybridized carbons (Fsp3) is 0.273. The van der Waals surface area contributed by atoms with Crippen LogP contribution in [0, 0.1) is 0 Å². The summed E-state index contributed by atoms with van der Waals surface area (Å²) in [7, 11) is 4.34. The number of hydrogen-bond acceptors (Lipinski definition) is 5. The molecule has 1 aromatic carbocycles. The van der Waals surface area contributed by atoms with Crippen LogP contribution in [0.25, 0.3) is 0 Å². The predicted octanol–water partition coefficient (Wildman–Crippen LogP) is 1.39. The molecule has 0 bridgehead atoms. The summed E-state index contributed by atoms with van der Waals surface area (Å²) in [5.74, 6) is 1.14.